The van der Waals surface area contributed by atoms with Gasteiger partial charge in [-0.25, -0.2) is 4.98 Å². The second kappa shape index (κ2) is 5.19. The van der Waals surface area contributed by atoms with E-state index < -0.39 is 0 Å². The fourth-order valence-electron chi connectivity index (χ4n) is 3.24. The van der Waals surface area contributed by atoms with E-state index in [-0.39, 0.29) is 5.38 Å². The number of hydrogen-bond donors (Lipinski definition) is 0. The van der Waals surface area contributed by atoms with Crippen LogP contribution in [0.1, 0.15) is 28.7 Å². The van der Waals surface area contributed by atoms with Crippen LogP contribution in [0.3, 0.4) is 0 Å². The number of rotatable bonds is 3. The minimum atomic E-state index is 0.125. The highest BCUT2D eigenvalue weighted by Gasteiger charge is 2.23. The Bertz CT molecular complexity index is 777. The van der Waals surface area contributed by atoms with Gasteiger partial charge in [0.2, 0.25) is 0 Å². The zero-order valence-electron chi connectivity index (χ0n) is 11.8. The maximum atomic E-state index is 6.46. The van der Waals surface area contributed by atoms with Gasteiger partial charge in [-0.15, -0.1) is 11.6 Å². The van der Waals surface area contributed by atoms with Gasteiger partial charge in [-0.1, -0.05) is 42.5 Å². The highest BCUT2D eigenvalue weighted by molar-refractivity contribution is 6.21. The molecule has 0 saturated heterocycles. The maximum Gasteiger partial charge on any atom is 0.110 e. The van der Waals surface area contributed by atoms with Crippen LogP contribution in [0.15, 0.2) is 48.5 Å². The summed E-state index contributed by atoms with van der Waals surface area (Å²) in [5, 5.41) is 0.125. The molecule has 0 spiro atoms. The summed E-state index contributed by atoms with van der Waals surface area (Å²) in [5.41, 5.74) is 4.93. The van der Waals surface area contributed by atoms with Gasteiger partial charge in [0.1, 0.15) is 5.82 Å². The molecule has 1 aromatic heterocycles. The Morgan fingerprint density at radius 2 is 1.90 bits per heavy atom. The first-order valence-electron chi connectivity index (χ1n) is 7.49. The lowest BCUT2D eigenvalue weighted by atomic mass is 10.0. The zero-order chi connectivity index (χ0) is 14.2. The van der Waals surface area contributed by atoms with Crippen molar-refractivity contribution in [3.8, 4) is 0 Å². The smallest absolute Gasteiger partial charge is 0.110 e. The third kappa shape index (κ3) is 2.24. The van der Waals surface area contributed by atoms with Crippen LogP contribution in [0, 0.1) is 0 Å². The minimum absolute atomic E-state index is 0.125. The predicted molar refractivity (Wildman–Crippen MR) is 86.8 cm³/mol. The number of aryl methyl sites for hydroxylation is 3. The monoisotopic (exact) mass is 296 g/mol. The van der Waals surface area contributed by atoms with Crippen molar-refractivity contribution in [3.63, 3.8) is 0 Å². The lowest BCUT2D eigenvalue weighted by Gasteiger charge is -2.20. The molecule has 0 amide bonds. The van der Waals surface area contributed by atoms with Crippen LogP contribution in [0.4, 0.5) is 0 Å². The summed E-state index contributed by atoms with van der Waals surface area (Å²) in [7, 11) is 0. The Morgan fingerprint density at radius 3 is 2.76 bits per heavy atom. The summed E-state index contributed by atoms with van der Waals surface area (Å²) in [6.07, 6.45) is 3.00. The van der Waals surface area contributed by atoms with E-state index in [4.69, 9.17) is 16.6 Å². The molecule has 106 valence electrons. The molecule has 0 saturated carbocycles. The maximum absolute atomic E-state index is 6.46. The van der Waals surface area contributed by atoms with Crippen molar-refractivity contribution >= 4 is 22.6 Å². The van der Waals surface area contributed by atoms with E-state index >= 15 is 0 Å². The summed E-state index contributed by atoms with van der Waals surface area (Å²) in [6, 6.07) is 16.9. The summed E-state index contributed by atoms with van der Waals surface area (Å²) in [6.45, 7) is 0.978. The minimum Gasteiger partial charge on any atom is -0.328 e. The van der Waals surface area contributed by atoms with Crippen LogP contribution >= 0.6 is 11.6 Å². The first-order valence-corrected chi connectivity index (χ1v) is 7.92. The molecule has 0 aliphatic carbocycles. The SMILES string of the molecule is ClC1CCn2c(CCc3ccccc3)nc3cccc1c32. The first-order chi connectivity index (χ1) is 10.3. The van der Waals surface area contributed by atoms with E-state index in [9.17, 15) is 0 Å². The molecule has 4 rings (SSSR count). The quantitative estimate of drug-likeness (QED) is 0.651. The molecule has 1 aliphatic rings. The van der Waals surface area contributed by atoms with Crippen molar-refractivity contribution in [2.75, 3.05) is 0 Å². The number of benzene rings is 2. The number of nitrogens with zero attached hydrogens (tertiary/aromatic N) is 2. The summed E-state index contributed by atoms with van der Waals surface area (Å²) in [4.78, 5) is 4.84. The molecule has 2 heterocycles. The van der Waals surface area contributed by atoms with Crippen LogP contribution in [-0.2, 0) is 19.4 Å². The predicted octanol–water partition coefficient (Wildman–Crippen LogP) is 4.51. The summed E-state index contributed by atoms with van der Waals surface area (Å²) in [5.74, 6) is 1.19. The van der Waals surface area contributed by atoms with Gasteiger partial charge < -0.3 is 4.57 Å². The molecular formula is C18H17ClN2. The molecule has 2 nitrogen and oxygen atoms in total. The van der Waals surface area contributed by atoms with Crippen LogP contribution in [0.5, 0.6) is 0 Å². The largest absolute Gasteiger partial charge is 0.328 e. The molecule has 2 aromatic carbocycles. The van der Waals surface area contributed by atoms with E-state index in [1.807, 2.05) is 0 Å². The number of halogens is 1. The van der Waals surface area contributed by atoms with Gasteiger partial charge in [-0.3, -0.25) is 0 Å². The third-order valence-corrected chi connectivity index (χ3v) is 4.75. The molecule has 3 aromatic rings. The van der Waals surface area contributed by atoms with Crippen molar-refractivity contribution in [2.45, 2.75) is 31.2 Å². The van der Waals surface area contributed by atoms with Crippen LogP contribution in [0.25, 0.3) is 11.0 Å². The van der Waals surface area contributed by atoms with Crippen molar-refractivity contribution < 1.29 is 0 Å². The van der Waals surface area contributed by atoms with Crippen LogP contribution < -0.4 is 0 Å². The standard InChI is InChI=1S/C18H17ClN2/c19-15-11-12-21-17(10-9-13-5-2-1-3-6-13)20-16-8-4-7-14(15)18(16)21/h1-8,15H,9-12H2. The Kier molecular flexibility index (Phi) is 3.19. The Hall–Kier alpha value is -1.80. The van der Waals surface area contributed by atoms with Gasteiger partial charge in [0.15, 0.2) is 0 Å². The normalized spacial score (nSPS) is 17.3. The Labute approximate surface area is 129 Å². The molecule has 1 aliphatic heterocycles. The van der Waals surface area contributed by atoms with Crippen molar-refractivity contribution in [1.29, 1.82) is 0 Å². The van der Waals surface area contributed by atoms with Gasteiger partial charge in [0.05, 0.1) is 16.4 Å². The lowest BCUT2D eigenvalue weighted by Crippen LogP contribution is -2.12. The molecular weight excluding hydrogens is 280 g/mol. The van der Waals surface area contributed by atoms with Gasteiger partial charge in [-0.2, -0.15) is 0 Å². The van der Waals surface area contributed by atoms with Gasteiger partial charge in [0.25, 0.3) is 0 Å². The first kappa shape index (κ1) is 12.9. The van der Waals surface area contributed by atoms with E-state index in [0.29, 0.717) is 0 Å². The average Bonchev–Trinajstić information content (AvgIpc) is 2.89. The fourth-order valence-corrected chi connectivity index (χ4v) is 3.52. The molecule has 0 N–H and O–H groups in total. The Balaban J connectivity index is 1.71. The van der Waals surface area contributed by atoms with E-state index in [2.05, 4.69) is 53.1 Å². The van der Waals surface area contributed by atoms with Crippen LogP contribution in [-0.4, -0.2) is 9.55 Å². The van der Waals surface area contributed by atoms with E-state index in [1.165, 1.54) is 22.5 Å². The Morgan fingerprint density at radius 1 is 1.05 bits per heavy atom. The molecule has 1 atom stereocenters. The highest BCUT2D eigenvalue weighted by Crippen LogP contribution is 2.36. The molecule has 21 heavy (non-hydrogen) atoms. The number of para-hydroxylation sites is 1. The molecule has 1 unspecified atom stereocenters. The second-order valence-electron chi connectivity index (χ2n) is 5.64. The number of aromatic nitrogens is 2. The average molecular weight is 297 g/mol. The van der Waals surface area contributed by atoms with Crippen LogP contribution in [0.2, 0.25) is 0 Å². The fraction of sp³-hybridized carbons (Fsp3) is 0.278. The molecule has 0 radical (unpaired) electrons. The lowest BCUT2D eigenvalue weighted by molar-refractivity contribution is 0.590. The third-order valence-electron chi connectivity index (χ3n) is 4.30. The van der Waals surface area contributed by atoms with Crippen molar-refractivity contribution in [3.05, 3.63) is 65.5 Å². The van der Waals surface area contributed by atoms with E-state index in [0.717, 1.165) is 31.3 Å². The number of alkyl halides is 1. The zero-order valence-corrected chi connectivity index (χ0v) is 12.6. The van der Waals surface area contributed by atoms with E-state index in [1.54, 1.807) is 0 Å². The van der Waals surface area contributed by atoms with Crippen molar-refractivity contribution in [2.24, 2.45) is 0 Å². The molecule has 0 bridgehead atoms. The highest BCUT2D eigenvalue weighted by atomic mass is 35.5. The summed E-state index contributed by atoms with van der Waals surface area (Å²) < 4.78 is 2.37. The second-order valence-corrected chi connectivity index (χ2v) is 6.16. The van der Waals surface area contributed by atoms with Gasteiger partial charge in [-0.05, 0) is 30.0 Å². The molecule has 3 heteroatoms. The summed E-state index contributed by atoms with van der Waals surface area (Å²) >= 11 is 6.46. The number of hydrogen-bond acceptors (Lipinski definition) is 1. The number of imidazole rings is 1. The van der Waals surface area contributed by atoms with Gasteiger partial charge in [0, 0.05) is 13.0 Å². The van der Waals surface area contributed by atoms with Crippen molar-refractivity contribution in [1.82, 2.24) is 9.55 Å². The topological polar surface area (TPSA) is 17.8 Å². The molecule has 0 fully saturated rings. The van der Waals surface area contributed by atoms with Gasteiger partial charge >= 0.3 is 0 Å².